The summed E-state index contributed by atoms with van der Waals surface area (Å²) in [5.74, 6) is -0.00820. The van der Waals surface area contributed by atoms with Crippen LogP contribution >= 0.6 is 0 Å². The van der Waals surface area contributed by atoms with E-state index in [1.807, 2.05) is 73.0 Å². The van der Waals surface area contributed by atoms with Crippen LogP contribution in [0.25, 0.3) is 10.9 Å². The highest BCUT2D eigenvalue weighted by Crippen LogP contribution is 2.30. The van der Waals surface area contributed by atoms with Gasteiger partial charge in [0.05, 0.1) is 11.6 Å². The number of rotatable bonds is 4. The van der Waals surface area contributed by atoms with Gasteiger partial charge in [-0.1, -0.05) is 48.5 Å². The fraction of sp³-hybridized carbons (Fsp3) is 0.158. The van der Waals surface area contributed by atoms with Crippen molar-refractivity contribution in [1.29, 1.82) is 0 Å². The first-order valence-corrected chi connectivity index (χ1v) is 7.29. The van der Waals surface area contributed by atoms with Crippen LogP contribution in [0.4, 0.5) is 0 Å². The molecule has 0 aliphatic rings. The van der Waals surface area contributed by atoms with Gasteiger partial charge in [-0.2, -0.15) is 0 Å². The number of ketones is 1. The molecule has 3 rings (SSSR count). The molecule has 1 aromatic heterocycles. The zero-order chi connectivity index (χ0) is 15.7. The zero-order valence-corrected chi connectivity index (χ0v) is 12.6. The Hall–Kier alpha value is -2.68. The number of hydrogen-bond acceptors (Lipinski definition) is 2. The molecule has 1 unspecified atom stereocenters. The summed E-state index contributed by atoms with van der Waals surface area (Å²) in [4.78, 5) is 24.1. The van der Waals surface area contributed by atoms with Gasteiger partial charge in [0.1, 0.15) is 6.29 Å². The Morgan fingerprint density at radius 3 is 2.36 bits per heavy atom. The van der Waals surface area contributed by atoms with Crippen molar-refractivity contribution >= 4 is 23.0 Å². The van der Waals surface area contributed by atoms with E-state index in [0.29, 0.717) is 11.1 Å². The minimum atomic E-state index is -0.303. The summed E-state index contributed by atoms with van der Waals surface area (Å²) < 4.78 is 1.93. The summed E-state index contributed by atoms with van der Waals surface area (Å²) in [7, 11) is 0. The number of benzene rings is 2. The number of hydrogen-bond donors (Lipinski definition) is 0. The van der Waals surface area contributed by atoms with Crippen molar-refractivity contribution in [3.8, 4) is 0 Å². The van der Waals surface area contributed by atoms with Gasteiger partial charge in [0.25, 0.3) is 0 Å². The van der Waals surface area contributed by atoms with Gasteiger partial charge in [0, 0.05) is 22.2 Å². The number of para-hydroxylation sites is 1. The molecule has 3 aromatic rings. The maximum absolute atomic E-state index is 12.9. The van der Waals surface area contributed by atoms with Crippen LogP contribution in [-0.4, -0.2) is 16.6 Å². The van der Waals surface area contributed by atoms with E-state index in [1.54, 1.807) is 0 Å². The summed E-state index contributed by atoms with van der Waals surface area (Å²) in [6, 6.07) is 16.7. The Bertz CT molecular complexity index is 847. The first kappa shape index (κ1) is 14.3. The van der Waals surface area contributed by atoms with Crippen LogP contribution < -0.4 is 0 Å². The largest absolute Gasteiger partial charge is 0.334 e. The van der Waals surface area contributed by atoms with Crippen LogP contribution in [0.1, 0.15) is 34.6 Å². The lowest BCUT2D eigenvalue weighted by atomic mass is 10.0. The molecular weight excluding hydrogens is 274 g/mol. The maximum atomic E-state index is 12.9. The smallest absolute Gasteiger partial charge is 0.195 e. The molecule has 3 nitrogen and oxygen atoms in total. The highest BCUT2D eigenvalue weighted by molar-refractivity contribution is 6.17. The van der Waals surface area contributed by atoms with Crippen molar-refractivity contribution in [2.24, 2.45) is 0 Å². The quantitative estimate of drug-likeness (QED) is 0.539. The highest BCUT2D eigenvalue weighted by Gasteiger charge is 2.22. The van der Waals surface area contributed by atoms with Gasteiger partial charge in [-0.15, -0.1) is 0 Å². The van der Waals surface area contributed by atoms with Crippen LogP contribution in [0, 0.1) is 6.92 Å². The summed E-state index contributed by atoms with van der Waals surface area (Å²) in [6.07, 6.45) is 0.899. The van der Waals surface area contributed by atoms with Gasteiger partial charge in [-0.05, 0) is 19.9 Å². The van der Waals surface area contributed by atoms with E-state index in [0.717, 1.165) is 22.9 Å². The second kappa shape index (κ2) is 5.60. The molecule has 22 heavy (non-hydrogen) atoms. The summed E-state index contributed by atoms with van der Waals surface area (Å²) in [5, 5.41) is 0.891. The van der Waals surface area contributed by atoms with Gasteiger partial charge in [-0.3, -0.25) is 4.79 Å². The normalized spacial score (nSPS) is 12.3. The van der Waals surface area contributed by atoms with Crippen molar-refractivity contribution in [2.75, 3.05) is 0 Å². The third kappa shape index (κ3) is 2.15. The number of carbonyl (C=O) groups excluding carboxylic acids is 2. The van der Waals surface area contributed by atoms with Gasteiger partial charge < -0.3 is 9.36 Å². The molecule has 1 heterocycles. The molecule has 3 heteroatoms. The van der Waals surface area contributed by atoms with Crippen molar-refractivity contribution in [1.82, 2.24) is 4.57 Å². The summed E-state index contributed by atoms with van der Waals surface area (Å²) >= 11 is 0. The average Bonchev–Trinajstić information content (AvgIpc) is 2.86. The summed E-state index contributed by atoms with van der Waals surface area (Å²) in [5.41, 5.74) is 3.08. The fourth-order valence-electron chi connectivity index (χ4n) is 3.00. The third-order valence-electron chi connectivity index (χ3n) is 4.02. The van der Waals surface area contributed by atoms with Gasteiger partial charge in [-0.25, -0.2) is 0 Å². The molecule has 0 saturated heterocycles. The molecule has 1 atom stereocenters. The Kier molecular flexibility index (Phi) is 3.63. The molecule has 0 fully saturated rings. The van der Waals surface area contributed by atoms with E-state index in [2.05, 4.69) is 0 Å². The molecular formula is C19H17NO2. The first-order chi connectivity index (χ1) is 10.6. The maximum Gasteiger partial charge on any atom is 0.195 e. The van der Waals surface area contributed by atoms with E-state index in [4.69, 9.17) is 0 Å². The number of carbonyl (C=O) groups is 2. The van der Waals surface area contributed by atoms with E-state index in [9.17, 15) is 9.59 Å². The third-order valence-corrected chi connectivity index (χ3v) is 4.02. The summed E-state index contributed by atoms with van der Waals surface area (Å²) in [6.45, 7) is 3.74. The van der Waals surface area contributed by atoms with E-state index >= 15 is 0 Å². The zero-order valence-electron chi connectivity index (χ0n) is 12.6. The van der Waals surface area contributed by atoms with Gasteiger partial charge >= 0.3 is 0 Å². The lowest BCUT2D eigenvalue weighted by Gasteiger charge is -2.11. The van der Waals surface area contributed by atoms with E-state index < -0.39 is 0 Å². The topological polar surface area (TPSA) is 39.1 Å². The SMILES string of the molecule is Cc1c(C(=O)c2ccccc2)c2ccccc2n1C(C)C=O. The monoisotopic (exact) mass is 291 g/mol. The van der Waals surface area contributed by atoms with Crippen molar-refractivity contribution in [3.63, 3.8) is 0 Å². The Labute approximate surface area is 129 Å². The minimum absolute atomic E-state index is 0.00820. The van der Waals surface area contributed by atoms with Gasteiger partial charge in [0.15, 0.2) is 5.78 Å². The van der Waals surface area contributed by atoms with Gasteiger partial charge in [0.2, 0.25) is 0 Å². The average molecular weight is 291 g/mol. The molecule has 0 aliphatic carbocycles. The number of aldehydes is 1. The predicted octanol–water partition coefficient (Wildman–Crippen LogP) is 3.94. The number of nitrogens with zero attached hydrogens (tertiary/aromatic N) is 1. The Balaban J connectivity index is 2.29. The Morgan fingerprint density at radius 1 is 1.05 bits per heavy atom. The van der Waals surface area contributed by atoms with Crippen LogP contribution in [0.15, 0.2) is 54.6 Å². The van der Waals surface area contributed by atoms with E-state index in [1.165, 1.54) is 0 Å². The van der Waals surface area contributed by atoms with Crippen LogP contribution in [0.3, 0.4) is 0 Å². The number of aromatic nitrogens is 1. The molecule has 110 valence electrons. The van der Waals surface area contributed by atoms with Crippen LogP contribution in [0.5, 0.6) is 0 Å². The minimum Gasteiger partial charge on any atom is -0.334 e. The lowest BCUT2D eigenvalue weighted by Crippen LogP contribution is -2.10. The number of fused-ring (bicyclic) bond motifs is 1. The molecule has 0 spiro atoms. The molecule has 0 amide bonds. The lowest BCUT2D eigenvalue weighted by molar-refractivity contribution is -0.110. The second-order valence-corrected chi connectivity index (χ2v) is 5.42. The molecule has 0 radical (unpaired) electrons. The predicted molar refractivity (Wildman–Crippen MR) is 87.3 cm³/mol. The van der Waals surface area contributed by atoms with Crippen LogP contribution in [0.2, 0.25) is 0 Å². The Morgan fingerprint density at radius 2 is 1.68 bits per heavy atom. The molecule has 0 saturated carbocycles. The molecule has 0 bridgehead atoms. The van der Waals surface area contributed by atoms with E-state index in [-0.39, 0.29) is 11.8 Å². The van der Waals surface area contributed by atoms with Crippen molar-refractivity contribution in [2.45, 2.75) is 19.9 Å². The van der Waals surface area contributed by atoms with Crippen LogP contribution in [-0.2, 0) is 4.79 Å². The fourth-order valence-corrected chi connectivity index (χ4v) is 3.00. The first-order valence-electron chi connectivity index (χ1n) is 7.29. The van der Waals surface area contributed by atoms with Crippen molar-refractivity contribution in [3.05, 3.63) is 71.4 Å². The highest BCUT2D eigenvalue weighted by atomic mass is 16.1. The molecule has 0 N–H and O–H groups in total. The standard InChI is InChI=1S/C19H17NO2/c1-13(12-21)20-14(2)18(16-10-6-7-11-17(16)20)19(22)15-8-4-3-5-9-15/h3-13H,1-2H3. The molecule has 2 aromatic carbocycles. The second-order valence-electron chi connectivity index (χ2n) is 5.42. The molecule has 0 aliphatic heterocycles. The van der Waals surface area contributed by atoms with Crippen molar-refractivity contribution < 1.29 is 9.59 Å².